The van der Waals surface area contributed by atoms with E-state index in [-0.39, 0.29) is 5.91 Å². The van der Waals surface area contributed by atoms with Crippen molar-refractivity contribution in [3.05, 3.63) is 86.9 Å². The molecule has 5 heteroatoms. The highest BCUT2D eigenvalue weighted by Gasteiger charge is 2.29. The number of aromatic nitrogens is 1. The SMILES string of the molecule is Cc1ccc(C(=O)N2CCc3ccccc3C2)c(C2CCN(Cc3cccs3)CC2)n1. The van der Waals surface area contributed by atoms with E-state index >= 15 is 0 Å². The van der Waals surface area contributed by atoms with E-state index in [4.69, 9.17) is 4.98 Å². The van der Waals surface area contributed by atoms with Crippen LogP contribution in [0, 0.1) is 6.92 Å². The number of carbonyl (C=O) groups is 1. The average Bonchev–Trinajstić information content (AvgIpc) is 3.32. The van der Waals surface area contributed by atoms with Crippen molar-refractivity contribution in [2.45, 2.75) is 45.2 Å². The predicted molar refractivity (Wildman–Crippen MR) is 125 cm³/mol. The van der Waals surface area contributed by atoms with Gasteiger partial charge in [0.2, 0.25) is 0 Å². The number of pyridine rings is 1. The highest BCUT2D eigenvalue weighted by molar-refractivity contribution is 7.09. The fourth-order valence-electron chi connectivity index (χ4n) is 4.90. The van der Waals surface area contributed by atoms with Gasteiger partial charge in [0.15, 0.2) is 0 Å². The third kappa shape index (κ3) is 4.43. The summed E-state index contributed by atoms with van der Waals surface area (Å²) in [5, 5.41) is 2.15. The molecule has 0 aliphatic carbocycles. The predicted octanol–water partition coefficient (Wildman–Crippen LogP) is 5.03. The molecule has 0 atom stereocenters. The van der Waals surface area contributed by atoms with Crippen LogP contribution in [0.5, 0.6) is 0 Å². The molecule has 0 unspecified atom stereocenters. The topological polar surface area (TPSA) is 36.4 Å². The second-order valence-electron chi connectivity index (χ2n) is 8.76. The molecule has 4 nitrogen and oxygen atoms in total. The highest BCUT2D eigenvalue weighted by Crippen LogP contribution is 2.31. The lowest BCUT2D eigenvalue weighted by Crippen LogP contribution is -2.37. The molecular weight excluding hydrogens is 402 g/mol. The van der Waals surface area contributed by atoms with Crippen LogP contribution in [0.4, 0.5) is 0 Å². The minimum atomic E-state index is 0.137. The Hall–Kier alpha value is -2.50. The van der Waals surface area contributed by atoms with Crippen molar-refractivity contribution in [2.24, 2.45) is 0 Å². The molecule has 0 spiro atoms. The minimum absolute atomic E-state index is 0.137. The molecule has 3 aromatic rings. The van der Waals surface area contributed by atoms with Crippen molar-refractivity contribution in [1.82, 2.24) is 14.8 Å². The summed E-state index contributed by atoms with van der Waals surface area (Å²) in [6.07, 6.45) is 3.05. The van der Waals surface area contributed by atoms with Crippen LogP contribution in [0.2, 0.25) is 0 Å². The quantitative estimate of drug-likeness (QED) is 0.581. The Labute approximate surface area is 188 Å². The van der Waals surface area contributed by atoms with Crippen LogP contribution in [0.3, 0.4) is 0 Å². The molecule has 0 bridgehead atoms. The van der Waals surface area contributed by atoms with Crippen LogP contribution < -0.4 is 0 Å². The average molecular weight is 432 g/mol. The van der Waals surface area contributed by atoms with Gasteiger partial charge < -0.3 is 4.90 Å². The summed E-state index contributed by atoms with van der Waals surface area (Å²) in [5.74, 6) is 0.494. The fourth-order valence-corrected chi connectivity index (χ4v) is 5.64. The minimum Gasteiger partial charge on any atom is -0.334 e. The number of aryl methyl sites for hydroxylation is 1. The summed E-state index contributed by atoms with van der Waals surface area (Å²) in [6, 6.07) is 16.8. The number of benzene rings is 1. The first-order chi connectivity index (χ1) is 15.2. The maximum Gasteiger partial charge on any atom is 0.256 e. The molecule has 160 valence electrons. The van der Waals surface area contributed by atoms with E-state index in [1.54, 1.807) is 0 Å². The third-order valence-electron chi connectivity index (χ3n) is 6.65. The fraction of sp³-hybridized carbons (Fsp3) is 0.385. The van der Waals surface area contributed by atoms with E-state index in [0.29, 0.717) is 12.5 Å². The zero-order valence-corrected chi connectivity index (χ0v) is 18.9. The normalized spacial score (nSPS) is 17.5. The second-order valence-corrected chi connectivity index (χ2v) is 9.79. The Morgan fingerprint density at radius 1 is 1.03 bits per heavy atom. The number of amides is 1. The smallest absolute Gasteiger partial charge is 0.256 e. The number of carbonyl (C=O) groups excluding carboxylic acids is 1. The molecule has 1 fully saturated rings. The van der Waals surface area contributed by atoms with E-state index in [0.717, 1.165) is 62.4 Å². The van der Waals surface area contributed by atoms with E-state index in [1.807, 2.05) is 35.3 Å². The lowest BCUT2D eigenvalue weighted by Gasteiger charge is -2.33. The molecule has 1 amide bonds. The lowest BCUT2D eigenvalue weighted by molar-refractivity contribution is 0.0731. The van der Waals surface area contributed by atoms with Gasteiger partial charge in [-0.25, -0.2) is 0 Å². The largest absolute Gasteiger partial charge is 0.334 e. The van der Waals surface area contributed by atoms with Crippen molar-refractivity contribution in [3.8, 4) is 0 Å². The number of hydrogen-bond donors (Lipinski definition) is 0. The van der Waals surface area contributed by atoms with Gasteiger partial charge in [0.25, 0.3) is 5.91 Å². The molecule has 1 aromatic carbocycles. The van der Waals surface area contributed by atoms with Crippen LogP contribution in [0.1, 0.15) is 56.5 Å². The van der Waals surface area contributed by atoms with E-state index in [9.17, 15) is 4.79 Å². The summed E-state index contributed by atoms with van der Waals surface area (Å²) in [5.41, 5.74) is 5.45. The summed E-state index contributed by atoms with van der Waals surface area (Å²) in [6.45, 7) is 6.65. The maximum atomic E-state index is 13.5. The number of thiophene rings is 1. The summed E-state index contributed by atoms with van der Waals surface area (Å²) in [7, 11) is 0. The summed E-state index contributed by atoms with van der Waals surface area (Å²) in [4.78, 5) is 24.4. The van der Waals surface area contributed by atoms with Gasteiger partial charge in [-0.1, -0.05) is 30.3 Å². The zero-order valence-electron chi connectivity index (χ0n) is 18.1. The van der Waals surface area contributed by atoms with Gasteiger partial charge in [-0.3, -0.25) is 14.7 Å². The Morgan fingerprint density at radius 3 is 2.61 bits per heavy atom. The number of hydrogen-bond acceptors (Lipinski definition) is 4. The number of rotatable bonds is 4. The highest BCUT2D eigenvalue weighted by atomic mass is 32.1. The van der Waals surface area contributed by atoms with E-state index < -0.39 is 0 Å². The van der Waals surface area contributed by atoms with E-state index in [2.05, 4.69) is 46.7 Å². The molecule has 2 aliphatic heterocycles. The lowest BCUT2D eigenvalue weighted by atomic mass is 9.89. The summed E-state index contributed by atoms with van der Waals surface area (Å²) < 4.78 is 0. The van der Waals surface area contributed by atoms with Crippen molar-refractivity contribution in [1.29, 1.82) is 0 Å². The second kappa shape index (κ2) is 8.93. The molecule has 0 radical (unpaired) electrons. The van der Waals surface area contributed by atoms with Gasteiger partial charge in [0, 0.05) is 36.1 Å². The molecule has 4 heterocycles. The molecule has 0 N–H and O–H groups in total. The van der Waals surface area contributed by atoms with Crippen molar-refractivity contribution in [3.63, 3.8) is 0 Å². The molecule has 0 saturated carbocycles. The zero-order chi connectivity index (χ0) is 21.2. The monoisotopic (exact) mass is 431 g/mol. The first-order valence-electron chi connectivity index (χ1n) is 11.3. The van der Waals surface area contributed by atoms with Gasteiger partial charge in [0.1, 0.15) is 0 Å². The number of piperidine rings is 1. The van der Waals surface area contributed by atoms with Gasteiger partial charge in [-0.2, -0.15) is 0 Å². The van der Waals surface area contributed by atoms with Crippen molar-refractivity contribution in [2.75, 3.05) is 19.6 Å². The first-order valence-corrected chi connectivity index (χ1v) is 12.1. The van der Waals surface area contributed by atoms with Gasteiger partial charge in [-0.15, -0.1) is 11.3 Å². The van der Waals surface area contributed by atoms with Crippen LogP contribution in [-0.2, 0) is 19.5 Å². The standard InChI is InChI=1S/C26H29N3OS/c1-19-8-9-24(26(30)29-15-12-20-5-2-3-6-22(20)17-29)25(27-19)21-10-13-28(14-11-21)18-23-7-4-16-31-23/h2-9,16,21H,10-15,17-18H2,1H3. The van der Waals surface area contributed by atoms with Crippen molar-refractivity contribution < 1.29 is 4.79 Å². The Balaban J connectivity index is 1.31. The number of fused-ring (bicyclic) bond motifs is 1. The van der Waals surface area contributed by atoms with Crippen LogP contribution in [-0.4, -0.2) is 40.3 Å². The van der Waals surface area contributed by atoms with Gasteiger partial charge in [0.05, 0.1) is 11.3 Å². The maximum absolute atomic E-state index is 13.5. The Morgan fingerprint density at radius 2 is 1.84 bits per heavy atom. The molecule has 31 heavy (non-hydrogen) atoms. The molecular formula is C26H29N3OS. The van der Waals surface area contributed by atoms with Crippen LogP contribution in [0.25, 0.3) is 0 Å². The van der Waals surface area contributed by atoms with E-state index in [1.165, 1.54) is 16.0 Å². The first kappa shape index (κ1) is 20.4. The van der Waals surface area contributed by atoms with Crippen molar-refractivity contribution >= 4 is 17.2 Å². The third-order valence-corrected chi connectivity index (χ3v) is 7.51. The molecule has 2 aromatic heterocycles. The number of likely N-dealkylation sites (tertiary alicyclic amines) is 1. The Kier molecular flexibility index (Phi) is 5.88. The molecule has 2 aliphatic rings. The molecule has 1 saturated heterocycles. The Bertz CT molecular complexity index is 1050. The summed E-state index contributed by atoms with van der Waals surface area (Å²) >= 11 is 1.83. The van der Waals surface area contributed by atoms with Gasteiger partial charge >= 0.3 is 0 Å². The van der Waals surface area contributed by atoms with Gasteiger partial charge in [-0.05, 0) is 74.0 Å². The molecule has 5 rings (SSSR count). The van der Waals surface area contributed by atoms with Crippen LogP contribution in [0.15, 0.2) is 53.9 Å². The van der Waals surface area contributed by atoms with Crippen LogP contribution >= 0.6 is 11.3 Å². The number of nitrogens with zero attached hydrogens (tertiary/aromatic N) is 3.